The Morgan fingerprint density at radius 1 is 1.33 bits per heavy atom. The van der Waals surface area contributed by atoms with Crippen molar-refractivity contribution in [1.82, 2.24) is 9.97 Å². The van der Waals surface area contributed by atoms with Crippen LogP contribution >= 0.6 is 0 Å². The van der Waals surface area contributed by atoms with Crippen molar-refractivity contribution in [1.29, 1.82) is 0 Å². The van der Waals surface area contributed by atoms with Gasteiger partial charge in [-0.1, -0.05) is 6.07 Å². The molecule has 0 amide bonds. The maximum absolute atomic E-state index is 12.8. The van der Waals surface area contributed by atoms with Crippen molar-refractivity contribution in [2.24, 2.45) is 0 Å². The monoisotopic (exact) mass is 249 g/mol. The molecule has 0 aliphatic carbocycles. The standard InChI is InChI=1S/C11H8FN3O3/c1-7-2-3-9(8(4-7)15(16)17)18-11-5-10(12)13-6-14-11/h2-6H,1H3. The largest absolute Gasteiger partial charge is 0.432 e. The SMILES string of the molecule is Cc1ccc(Oc2cc(F)ncn2)c([N+](=O)[O-])c1. The normalized spacial score (nSPS) is 10.1. The lowest BCUT2D eigenvalue weighted by molar-refractivity contribution is -0.385. The molecule has 18 heavy (non-hydrogen) atoms. The van der Waals surface area contributed by atoms with Gasteiger partial charge in [0.05, 0.1) is 11.0 Å². The smallest absolute Gasteiger partial charge is 0.311 e. The molecular formula is C11H8FN3O3. The molecule has 1 aromatic heterocycles. The number of nitrogens with zero attached hydrogens (tertiary/aromatic N) is 3. The third kappa shape index (κ3) is 2.57. The molecule has 0 radical (unpaired) electrons. The summed E-state index contributed by atoms with van der Waals surface area (Å²) in [5, 5.41) is 10.8. The number of ether oxygens (including phenoxy) is 1. The third-order valence-electron chi connectivity index (χ3n) is 2.13. The van der Waals surface area contributed by atoms with E-state index in [4.69, 9.17) is 4.74 Å². The van der Waals surface area contributed by atoms with E-state index >= 15 is 0 Å². The first-order valence-corrected chi connectivity index (χ1v) is 4.96. The summed E-state index contributed by atoms with van der Waals surface area (Å²) in [6, 6.07) is 5.41. The molecule has 92 valence electrons. The number of nitro benzene ring substituents is 1. The van der Waals surface area contributed by atoms with Crippen LogP contribution in [0.5, 0.6) is 11.6 Å². The highest BCUT2D eigenvalue weighted by Crippen LogP contribution is 2.31. The minimum absolute atomic E-state index is 0.00343. The van der Waals surface area contributed by atoms with Crippen molar-refractivity contribution in [3.05, 3.63) is 52.2 Å². The molecule has 6 nitrogen and oxygen atoms in total. The van der Waals surface area contributed by atoms with Crippen molar-refractivity contribution >= 4 is 5.69 Å². The summed E-state index contributed by atoms with van der Waals surface area (Å²) in [6.07, 6.45) is 0.977. The topological polar surface area (TPSA) is 78.2 Å². The minimum atomic E-state index is -0.769. The second-order valence-electron chi connectivity index (χ2n) is 3.51. The van der Waals surface area contributed by atoms with E-state index in [1.54, 1.807) is 13.0 Å². The molecule has 0 fully saturated rings. The Morgan fingerprint density at radius 3 is 2.78 bits per heavy atom. The van der Waals surface area contributed by atoms with Gasteiger partial charge in [-0.15, -0.1) is 0 Å². The second-order valence-corrected chi connectivity index (χ2v) is 3.51. The molecule has 1 aromatic carbocycles. The van der Waals surface area contributed by atoms with Crippen molar-refractivity contribution in [3.63, 3.8) is 0 Å². The van der Waals surface area contributed by atoms with Crippen LogP contribution < -0.4 is 4.74 Å². The van der Waals surface area contributed by atoms with E-state index in [2.05, 4.69) is 9.97 Å². The Balaban J connectivity index is 2.37. The van der Waals surface area contributed by atoms with Gasteiger partial charge in [0.25, 0.3) is 0 Å². The van der Waals surface area contributed by atoms with E-state index in [0.717, 1.165) is 18.0 Å². The molecule has 0 aliphatic heterocycles. The molecule has 0 saturated heterocycles. The molecule has 0 N–H and O–H groups in total. The summed E-state index contributed by atoms with van der Waals surface area (Å²) >= 11 is 0. The van der Waals surface area contributed by atoms with E-state index < -0.39 is 10.9 Å². The van der Waals surface area contributed by atoms with Crippen LogP contribution in [-0.4, -0.2) is 14.9 Å². The fourth-order valence-corrected chi connectivity index (χ4v) is 1.34. The Morgan fingerprint density at radius 2 is 2.11 bits per heavy atom. The molecular weight excluding hydrogens is 241 g/mol. The number of aryl methyl sites for hydroxylation is 1. The number of aromatic nitrogens is 2. The number of rotatable bonds is 3. The highest BCUT2D eigenvalue weighted by atomic mass is 19.1. The third-order valence-corrected chi connectivity index (χ3v) is 2.13. The lowest BCUT2D eigenvalue weighted by Gasteiger charge is -2.05. The highest BCUT2D eigenvalue weighted by Gasteiger charge is 2.16. The van der Waals surface area contributed by atoms with Gasteiger partial charge in [-0.05, 0) is 18.6 Å². The summed E-state index contributed by atoms with van der Waals surface area (Å²) in [5.74, 6) is -0.854. The minimum Gasteiger partial charge on any atom is -0.432 e. The molecule has 0 aliphatic rings. The predicted octanol–water partition coefficient (Wildman–Crippen LogP) is 2.62. The number of benzene rings is 1. The molecule has 1 heterocycles. The molecule has 0 saturated carbocycles. The lowest BCUT2D eigenvalue weighted by Crippen LogP contribution is -1.96. The first kappa shape index (κ1) is 11.9. The van der Waals surface area contributed by atoms with Crippen LogP contribution in [0.25, 0.3) is 0 Å². The van der Waals surface area contributed by atoms with E-state index in [9.17, 15) is 14.5 Å². The van der Waals surface area contributed by atoms with Gasteiger partial charge in [-0.2, -0.15) is 4.39 Å². The fourth-order valence-electron chi connectivity index (χ4n) is 1.34. The Hall–Kier alpha value is -2.57. The fraction of sp³-hybridized carbons (Fsp3) is 0.0909. The van der Waals surface area contributed by atoms with E-state index in [1.165, 1.54) is 12.1 Å². The van der Waals surface area contributed by atoms with Crippen molar-refractivity contribution in [2.75, 3.05) is 0 Å². The van der Waals surface area contributed by atoms with Gasteiger partial charge in [0, 0.05) is 6.07 Å². The molecule has 0 spiro atoms. The summed E-state index contributed by atoms with van der Waals surface area (Å²) in [4.78, 5) is 17.2. The van der Waals surface area contributed by atoms with Crippen molar-refractivity contribution in [2.45, 2.75) is 6.92 Å². The van der Waals surface area contributed by atoms with Crippen LogP contribution in [-0.2, 0) is 0 Å². The second kappa shape index (κ2) is 4.74. The summed E-state index contributed by atoms with van der Waals surface area (Å²) in [6.45, 7) is 1.72. The first-order valence-electron chi connectivity index (χ1n) is 4.96. The maximum atomic E-state index is 12.8. The van der Waals surface area contributed by atoms with Gasteiger partial charge < -0.3 is 4.74 Å². The predicted molar refractivity (Wildman–Crippen MR) is 59.9 cm³/mol. The lowest BCUT2D eigenvalue weighted by atomic mass is 10.2. The number of halogens is 1. The van der Waals surface area contributed by atoms with Gasteiger partial charge in [0.2, 0.25) is 17.6 Å². The summed E-state index contributed by atoms with van der Waals surface area (Å²) in [5.41, 5.74) is 0.525. The number of nitro groups is 1. The van der Waals surface area contributed by atoms with E-state index in [-0.39, 0.29) is 17.3 Å². The molecule has 0 unspecified atom stereocenters. The van der Waals surface area contributed by atoms with Gasteiger partial charge in [-0.3, -0.25) is 10.1 Å². The zero-order valence-electron chi connectivity index (χ0n) is 9.33. The first-order chi connectivity index (χ1) is 8.56. The van der Waals surface area contributed by atoms with Gasteiger partial charge in [-0.25, -0.2) is 9.97 Å². The van der Waals surface area contributed by atoms with Gasteiger partial charge >= 0.3 is 5.69 Å². The molecule has 0 bridgehead atoms. The van der Waals surface area contributed by atoms with E-state index in [0.29, 0.717) is 0 Å². The van der Waals surface area contributed by atoms with Crippen LogP contribution in [0.15, 0.2) is 30.6 Å². The zero-order valence-corrected chi connectivity index (χ0v) is 9.33. The molecule has 2 aromatic rings. The Kier molecular flexibility index (Phi) is 3.13. The van der Waals surface area contributed by atoms with E-state index in [1.807, 2.05) is 0 Å². The van der Waals surface area contributed by atoms with Crippen LogP contribution in [0.1, 0.15) is 5.56 Å². The number of hydrogen-bond acceptors (Lipinski definition) is 5. The highest BCUT2D eigenvalue weighted by molar-refractivity contribution is 5.49. The molecule has 2 rings (SSSR count). The van der Waals surface area contributed by atoms with Gasteiger partial charge in [0.1, 0.15) is 6.33 Å². The zero-order chi connectivity index (χ0) is 13.1. The van der Waals surface area contributed by atoms with Crippen LogP contribution in [0, 0.1) is 23.0 Å². The van der Waals surface area contributed by atoms with Crippen molar-refractivity contribution in [3.8, 4) is 11.6 Å². The average molecular weight is 249 g/mol. The molecule has 0 atom stereocenters. The Labute approximate surface area is 101 Å². The molecule has 7 heteroatoms. The Bertz CT molecular complexity index is 604. The maximum Gasteiger partial charge on any atom is 0.311 e. The number of hydrogen-bond donors (Lipinski definition) is 0. The van der Waals surface area contributed by atoms with Gasteiger partial charge in [0.15, 0.2) is 0 Å². The van der Waals surface area contributed by atoms with Crippen LogP contribution in [0.3, 0.4) is 0 Å². The quantitative estimate of drug-likeness (QED) is 0.474. The van der Waals surface area contributed by atoms with Crippen LogP contribution in [0.4, 0.5) is 10.1 Å². The average Bonchev–Trinajstić information content (AvgIpc) is 2.31. The van der Waals surface area contributed by atoms with Crippen LogP contribution in [0.2, 0.25) is 0 Å². The summed E-state index contributed by atoms with van der Waals surface area (Å²) < 4.78 is 18.0. The van der Waals surface area contributed by atoms with Crippen molar-refractivity contribution < 1.29 is 14.1 Å². The summed E-state index contributed by atoms with van der Waals surface area (Å²) in [7, 11) is 0.